The van der Waals surface area contributed by atoms with Crippen LogP contribution in [0.5, 0.6) is 5.75 Å². The van der Waals surface area contributed by atoms with E-state index in [1.807, 2.05) is 50.2 Å². The highest BCUT2D eigenvalue weighted by Crippen LogP contribution is 2.31. The molecule has 0 bridgehead atoms. The van der Waals surface area contributed by atoms with Crippen LogP contribution in [0.1, 0.15) is 26.7 Å². The SMILES string of the molecule is CC1(C)C[C@@H](C(=O)COc2ccc3c(-c4ccccc4)cc(=O)oc3c2)CCO1. The van der Waals surface area contributed by atoms with Crippen molar-refractivity contribution in [3.8, 4) is 16.9 Å². The van der Waals surface area contributed by atoms with Crippen LogP contribution in [0.2, 0.25) is 0 Å². The van der Waals surface area contributed by atoms with E-state index in [1.54, 1.807) is 12.1 Å². The fraction of sp³-hybridized carbons (Fsp3) is 0.333. The molecule has 0 spiro atoms. The van der Waals surface area contributed by atoms with Crippen LogP contribution in [-0.2, 0) is 9.53 Å². The van der Waals surface area contributed by atoms with Gasteiger partial charge in [-0.15, -0.1) is 0 Å². The first-order chi connectivity index (χ1) is 13.9. The van der Waals surface area contributed by atoms with Gasteiger partial charge < -0.3 is 13.9 Å². The summed E-state index contributed by atoms with van der Waals surface area (Å²) in [5.41, 5.74) is 1.49. The summed E-state index contributed by atoms with van der Waals surface area (Å²) in [4.78, 5) is 24.6. The van der Waals surface area contributed by atoms with Crippen molar-refractivity contribution < 1.29 is 18.7 Å². The van der Waals surface area contributed by atoms with Gasteiger partial charge in [-0.25, -0.2) is 4.79 Å². The lowest BCUT2D eigenvalue weighted by atomic mass is 9.86. The van der Waals surface area contributed by atoms with E-state index < -0.39 is 5.63 Å². The zero-order valence-corrected chi connectivity index (χ0v) is 16.6. The zero-order chi connectivity index (χ0) is 20.4. The lowest BCUT2D eigenvalue weighted by Crippen LogP contribution is -2.38. The fourth-order valence-corrected chi connectivity index (χ4v) is 3.87. The molecule has 0 aliphatic carbocycles. The Morgan fingerprint density at radius 3 is 2.69 bits per heavy atom. The number of carbonyl (C=O) groups is 1. The van der Waals surface area contributed by atoms with Crippen molar-refractivity contribution >= 4 is 16.8 Å². The highest BCUT2D eigenvalue weighted by atomic mass is 16.5. The lowest BCUT2D eigenvalue weighted by Gasteiger charge is -2.34. The molecular formula is C24H24O5. The first kappa shape index (κ1) is 19.4. The Morgan fingerprint density at radius 1 is 1.14 bits per heavy atom. The summed E-state index contributed by atoms with van der Waals surface area (Å²) < 4.78 is 16.8. The molecule has 0 N–H and O–H groups in total. The number of hydrogen-bond donors (Lipinski definition) is 0. The number of ether oxygens (including phenoxy) is 2. The van der Waals surface area contributed by atoms with E-state index in [9.17, 15) is 9.59 Å². The average Bonchev–Trinajstić information content (AvgIpc) is 2.71. The second-order valence-electron chi connectivity index (χ2n) is 8.06. The first-order valence-electron chi connectivity index (χ1n) is 9.84. The second kappa shape index (κ2) is 7.84. The Labute approximate surface area is 169 Å². The molecule has 0 saturated carbocycles. The number of rotatable bonds is 5. The molecule has 2 aromatic carbocycles. The molecule has 1 saturated heterocycles. The number of carbonyl (C=O) groups excluding carboxylic acids is 1. The van der Waals surface area contributed by atoms with E-state index in [4.69, 9.17) is 13.9 Å². The third-order valence-corrected chi connectivity index (χ3v) is 5.33. The van der Waals surface area contributed by atoms with Crippen LogP contribution in [-0.4, -0.2) is 24.6 Å². The van der Waals surface area contributed by atoms with E-state index in [2.05, 4.69) is 0 Å². The highest BCUT2D eigenvalue weighted by Gasteiger charge is 2.32. The normalized spacial score (nSPS) is 18.5. The third kappa shape index (κ3) is 4.40. The van der Waals surface area contributed by atoms with Crippen molar-refractivity contribution in [1.29, 1.82) is 0 Å². The summed E-state index contributed by atoms with van der Waals surface area (Å²) in [7, 11) is 0. The third-order valence-electron chi connectivity index (χ3n) is 5.33. The Hall–Kier alpha value is -2.92. The standard InChI is InChI=1S/C24H24O5/c1-24(2)14-17(10-11-28-24)21(25)15-27-18-8-9-19-20(16-6-4-3-5-7-16)13-23(26)29-22(19)12-18/h3-9,12-13,17H,10-11,14-15H2,1-2H3/t17-/m0/s1. The van der Waals surface area contributed by atoms with Crippen molar-refractivity contribution in [3.63, 3.8) is 0 Å². The van der Waals surface area contributed by atoms with Crippen LogP contribution >= 0.6 is 0 Å². The molecule has 29 heavy (non-hydrogen) atoms. The molecule has 4 rings (SSSR count). The molecule has 0 unspecified atom stereocenters. The van der Waals surface area contributed by atoms with Crippen LogP contribution in [0.3, 0.4) is 0 Å². The van der Waals surface area contributed by atoms with E-state index in [-0.39, 0.29) is 23.9 Å². The van der Waals surface area contributed by atoms with Gasteiger partial charge in [0.25, 0.3) is 0 Å². The van der Waals surface area contributed by atoms with Gasteiger partial charge in [-0.1, -0.05) is 30.3 Å². The van der Waals surface area contributed by atoms with E-state index in [0.717, 1.165) is 22.9 Å². The summed E-state index contributed by atoms with van der Waals surface area (Å²) >= 11 is 0. The molecule has 0 amide bonds. The Bertz CT molecular complexity index is 1080. The number of hydrogen-bond acceptors (Lipinski definition) is 5. The largest absolute Gasteiger partial charge is 0.486 e. The highest BCUT2D eigenvalue weighted by molar-refractivity contribution is 5.93. The first-order valence-corrected chi connectivity index (χ1v) is 9.84. The minimum absolute atomic E-state index is 0.00510. The Balaban J connectivity index is 1.54. The van der Waals surface area contributed by atoms with Gasteiger partial charge in [0.1, 0.15) is 17.9 Å². The van der Waals surface area contributed by atoms with Crippen LogP contribution in [0.25, 0.3) is 22.1 Å². The topological polar surface area (TPSA) is 65.7 Å². The Morgan fingerprint density at radius 2 is 1.93 bits per heavy atom. The van der Waals surface area contributed by atoms with Gasteiger partial charge in [0, 0.05) is 30.0 Å². The molecule has 1 fully saturated rings. The maximum absolute atomic E-state index is 12.6. The summed E-state index contributed by atoms with van der Waals surface area (Å²) in [6.45, 7) is 4.59. The minimum atomic E-state index is -0.422. The molecule has 5 heteroatoms. The molecule has 5 nitrogen and oxygen atoms in total. The average molecular weight is 392 g/mol. The van der Waals surface area contributed by atoms with Crippen molar-refractivity contribution in [3.05, 3.63) is 65.0 Å². The molecule has 3 aromatic rings. The van der Waals surface area contributed by atoms with Gasteiger partial charge in [-0.3, -0.25) is 4.79 Å². The maximum atomic E-state index is 12.6. The van der Waals surface area contributed by atoms with Gasteiger partial charge in [-0.2, -0.15) is 0 Å². The molecule has 150 valence electrons. The van der Waals surface area contributed by atoms with Gasteiger partial charge in [0.2, 0.25) is 0 Å². The minimum Gasteiger partial charge on any atom is -0.486 e. The molecule has 0 radical (unpaired) electrons. The summed E-state index contributed by atoms with van der Waals surface area (Å²) in [6, 6.07) is 16.5. The van der Waals surface area contributed by atoms with Crippen molar-refractivity contribution in [2.75, 3.05) is 13.2 Å². The number of ketones is 1. The summed E-state index contributed by atoms with van der Waals surface area (Å²) in [5, 5.41) is 0.820. The van der Waals surface area contributed by atoms with Gasteiger partial charge in [0.15, 0.2) is 5.78 Å². The molecule has 1 aliphatic heterocycles. The smallest absolute Gasteiger partial charge is 0.336 e. The van der Waals surface area contributed by atoms with Crippen LogP contribution in [0, 0.1) is 5.92 Å². The lowest BCUT2D eigenvalue weighted by molar-refractivity contribution is -0.135. The number of fused-ring (bicyclic) bond motifs is 1. The molecular weight excluding hydrogens is 368 g/mol. The zero-order valence-electron chi connectivity index (χ0n) is 16.6. The molecule has 1 atom stereocenters. The van der Waals surface area contributed by atoms with Crippen molar-refractivity contribution in [2.45, 2.75) is 32.3 Å². The Kier molecular flexibility index (Phi) is 5.24. The summed E-state index contributed by atoms with van der Waals surface area (Å²) in [6.07, 6.45) is 1.42. The van der Waals surface area contributed by atoms with E-state index in [1.165, 1.54) is 6.07 Å². The number of Topliss-reactive ketones (excluding diaryl/α,β-unsaturated/α-hetero) is 1. The van der Waals surface area contributed by atoms with E-state index in [0.29, 0.717) is 24.4 Å². The van der Waals surface area contributed by atoms with E-state index >= 15 is 0 Å². The predicted molar refractivity (Wildman–Crippen MR) is 111 cm³/mol. The van der Waals surface area contributed by atoms with Crippen LogP contribution in [0.4, 0.5) is 0 Å². The van der Waals surface area contributed by atoms with Gasteiger partial charge in [-0.05, 0) is 49.9 Å². The van der Waals surface area contributed by atoms with Gasteiger partial charge >= 0.3 is 5.63 Å². The van der Waals surface area contributed by atoms with Crippen molar-refractivity contribution in [2.24, 2.45) is 5.92 Å². The maximum Gasteiger partial charge on any atom is 0.336 e. The summed E-state index contributed by atoms with van der Waals surface area (Å²) in [5.74, 6) is 0.522. The number of benzene rings is 2. The fourth-order valence-electron chi connectivity index (χ4n) is 3.87. The van der Waals surface area contributed by atoms with Crippen molar-refractivity contribution in [1.82, 2.24) is 0 Å². The molecule has 1 aromatic heterocycles. The predicted octanol–water partition coefficient (Wildman–Crippen LogP) is 4.61. The second-order valence-corrected chi connectivity index (χ2v) is 8.06. The van der Waals surface area contributed by atoms with Gasteiger partial charge in [0.05, 0.1) is 5.60 Å². The monoisotopic (exact) mass is 392 g/mol. The van der Waals surface area contributed by atoms with Crippen LogP contribution in [0.15, 0.2) is 63.8 Å². The van der Waals surface area contributed by atoms with Crippen LogP contribution < -0.4 is 10.4 Å². The molecule has 2 heterocycles. The molecule has 1 aliphatic rings. The quantitative estimate of drug-likeness (QED) is 0.593.